The molecule has 1 aromatic heterocycles. The van der Waals surface area contributed by atoms with Gasteiger partial charge in [0.05, 0.1) is 11.0 Å². The maximum Gasteiger partial charge on any atom is 0.329 e. The van der Waals surface area contributed by atoms with E-state index in [1.807, 2.05) is 36.1 Å². The molecule has 1 aliphatic heterocycles. The first-order valence-corrected chi connectivity index (χ1v) is 8.35. The average molecular weight is 316 g/mol. The van der Waals surface area contributed by atoms with Gasteiger partial charge in [-0.3, -0.25) is 13.9 Å². The van der Waals surface area contributed by atoms with Crippen LogP contribution in [0.3, 0.4) is 0 Å². The van der Waals surface area contributed by atoms with Crippen molar-refractivity contribution in [2.24, 2.45) is 5.73 Å². The van der Waals surface area contributed by atoms with Crippen LogP contribution < -0.4 is 11.4 Å². The van der Waals surface area contributed by atoms with Gasteiger partial charge in [0, 0.05) is 25.7 Å². The van der Waals surface area contributed by atoms with Crippen LogP contribution in [-0.4, -0.2) is 39.1 Å². The molecule has 1 amide bonds. The van der Waals surface area contributed by atoms with E-state index < -0.39 is 0 Å². The molecule has 124 valence electrons. The third-order valence-corrected chi connectivity index (χ3v) is 4.75. The second kappa shape index (κ2) is 6.58. The number of para-hydroxylation sites is 2. The molecule has 0 bridgehead atoms. The van der Waals surface area contributed by atoms with Crippen LogP contribution in [-0.2, 0) is 17.9 Å². The molecule has 2 aromatic rings. The minimum atomic E-state index is -0.122. The summed E-state index contributed by atoms with van der Waals surface area (Å²) in [5.41, 5.74) is 7.37. The number of carbonyl (C=O) groups excluding carboxylic acids is 1. The molecule has 0 spiro atoms. The Labute approximate surface area is 135 Å². The summed E-state index contributed by atoms with van der Waals surface area (Å²) in [6, 6.07) is 7.73. The van der Waals surface area contributed by atoms with Crippen molar-refractivity contribution in [1.29, 1.82) is 0 Å². The van der Waals surface area contributed by atoms with E-state index in [4.69, 9.17) is 5.73 Å². The predicted molar refractivity (Wildman–Crippen MR) is 90.3 cm³/mol. The van der Waals surface area contributed by atoms with Crippen molar-refractivity contribution >= 4 is 16.9 Å². The highest BCUT2D eigenvalue weighted by atomic mass is 16.2. The lowest BCUT2D eigenvalue weighted by atomic mass is 10.0. The first-order chi connectivity index (χ1) is 11.2. The fourth-order valence-corrected chi connectivity index (χ4v) is 3.53. The van der Waals surface area contributed by atoms with Crippen LogP contribution in [0.25, 0.3) is 11.0 Å². The molecule has 23 heavy (non-hydrogen) atoms. The molecule has 1 saturated heterocycles. The number of hydrogen-bond acceptors (Lipinski definition) is 3. The number of aryl methyl sites for hydroxylation is 1. The van der Waals surface area contributed by atoms with Crippen LogP contribution >= 0.6 is 0 Å². The molecular weight excluding hydrogens is 292 g/mol. The largest absolute Gasteiger partial charge is 0.337 e. The van der Waals surface area contributed by atoms with E-state index in [2.05, 4.69) is 0 Å². The highest BCUT2D eigenvalue weighted by Crippen LogP contribution is 2.18. The summed E-state index contributed by atoms with van der Waals surface area (Å²) in [7, 11) is 0. The average Bonchev–Trinajstić information content (AvgIpc) is 2.86. The molecule has 3 rings (SSSR count). The number of hydrogen-bond donors (Lipinski definition) is 1. The lowest BCUT2D eigenvalue weighted by Gasteiger charge is -2.35. The zero-order chi connectivity index (χ0) is 16.4. The first kappa shape index (κ1) is 15.8. The van der Waals surface area contributed by atoms with Gasteiger partial charge in [0.2, 0.25) is 5.91 Å². The normalized spacial score (nSPS) is 18.5. The number of piperidine rings is 1. The number of benzene rings is 1. The van der Waals surface area contributed by atoms with Crippen LogP contribution in [0.2, 0.25) is 0 Å². The number of imidazole rings is 1. The van der Waals surface area contributed by atoms with E-state index in [0.29, 0.717) is 13.1 Å². The number of carbonyl (C=O) groups is 1. The van der Waals surface area contributed by atoms with Crippen LogP contribution in [0.4, 0.5) is 0 Å². The molecule has 2 heterocycles. The minimum Gasteiger partial charge on any atom is -0.337 e. The Morgan fingerprint density at radius 1 is 1.22 bits per heavy atom. The summed E-state index contributed by atoms with van der Waals surface area (Å²) in [6.45, 7) is 3.84. The Kier molecular flexibility index (Phi) is 4.52. The smallest absolute Gasteiger partial charge is 0.329 e. The van der Waals surface area contributed by atoms with E-state index >= 15 is 0 Å². The molecule has 2 N–H and O–H groups in total. The van der Waals surface area contributed by atoms with Crippen molar-refractivity contribution in [3.05, 3.63) is 34.7 Å². The van der Waals surface area contributed by atoms with Crippen LogP contribution in [0, 0.1) is 0 Å². The molecule has 6 heteroatoms. The first-order valence-electron chi connectivity index (χ1n) is 8.35. The number of amides is 1. The van der Waals surface area contributed by atoms with Crippen molar-refractivity contribution in [3.63, 3.8) is 0 Å². The number of aromatic nitrogens is 2. The Balaban J connectivity index is 1.94. The van der Waals surface area contributed by atoms with Crippen molar-refractivity contribution in [1.82, 2.24) is 14.0 Å². The number of nitrogens with zero attached hydrogens (tertiary/aromatic N) is 3. The number of fused-ring (bicyclic) bond motifs is 1. The number of likely N-dealkylation sites (tertiary alicyclic amines) is 1. The summed E-state index contributed by atoms with van der Waals surface area (Å²) in [5, 5.41) is 0. The molecule has 0 radical (unpaired) electrons. The molecule has 1 aliphatic rings. The van der Waals surface area contributed by atoms with E-state index in [9.17, 15) is 9.59 Å². The SMILES string of the molecule is CCn1c(=O)n(CC(=O)N2CCCCC2CN)c2ccccc21. The zero-order valence-electron chi connectivity index (χ0n) is 13.6. The monoisotopic (exact) mass is 316 g/mol. The molecule has 0 saturated carbocycles. The Morgan fingerprint density at radius 2 is 1.91 bits per heavy atom. The molecule has 0 aliphatic carbocycles. The Bertz CT molecular complexity index is 762. The molecule has 1 aromatic carbocycles. The third-order valence-electron chi connectivity index (χ3n) is 4.75. The second-order valence-electron chi connectivity index (χ2n) is 6.07. The van der Waals surface area contributed by atoms with Crippen molar-refractivity contribution in [3.8, 4) is 0 Å². The topological polar surface area (TPSA) is 73.3 Å². The van der Waals surface area contributed by atoms with Gasteiger partial charge in [-0.05, 0) is 38.3 Å². The lowest BCUT2D eigenvalue weighted by molar-refractivity contribution is -0.135. The van der Waals surface area contributed by atoms with Gasteiger partial charge in [-0.2, -0.15) is 0 Å². The summed E-state index contributed by atoms with van der Waals surface area (Å²) < 4.78 is 3.29. The van der Waals surface area contributed by atoms with Gasteiger partial charge in [-0.15, -0.1) is 0 Å². The third kappa shape index (κ3) is 2.79. The molecule has 1 fully saturated rings. The van der Waals surface area contributed by atoms with Gasteiger partial charge >= 0.3 is 5.69 Å². The number of nitrogens with two attached hydrogens (primary N) is 1. The maximum atomic E-state index is 12.7. The molecule has 1 unspecified atom stereocenters. The van der Waals surface area contributed by atoms with E-state index in [0.717, 1.165) is 36.8 Å². The predicted octanol–water partition coefficient (Wildman–Crippen LogP) is 1.16. The van der Waals surface area contributed by atoms with Gasteiger partial charge in [0.25, 0.3) is 0 Å². The van der Waals surface area contributed by atoms with Crippen molar-refractivity contribution in [2.45, 2.75) is 45.3 Å². The van der Waals surface area contributed by atoms with Gasteiger partial charge in [-0.1, -0.05) is 12.1 Å². The quantitative estimate of drug-likeness (QED) is 0.920. The van der Waals surface area contributed by atoms with Crippen molar-refractivity contribution in [2.75, 3.05) is 13.1 Å². The minimum absolute atomic E-state index is 0.0127. The number of rotatable bonds is 4. The Hall–Kier alpha value is -2.08. The Morgan fingerprint density at radius 3 is 2.57 bits per heavy atom. The standard InChI is InChI=1S/C17H24N4O2/c1-2-19-14-8-3-4-9-15(14)21(17(19)23)12-16(22)20-10-6-5-7-13(20)11-18/h3-4,8-9,13H,2,5-7,10-12,18H2,1H3. The fourth-order valence-electron chi connectivity index (χ4n) is 3.53. The highest BCUT2D eigenvalue weighted by Gasteiger charge is 2.26. The highest BCUT2D eigenvalue weighted by molar-refractivity contribution is 5.81. The summed E-state index contributed by atoms with van der Waals surface area (Å²) >= 11 is 0. The van der Waals surface area contributed by atoms with E-state index in [1.54, 1.807) is 9.13 Å². The van der Waals surface area contributed by atoms with Gasteiger partial charge in [0.1, 0.15) is 6.54 Å². The van der Waals surface area contributed by atoms with Crippen LogP contribution in [0.1, 0.15) is 26.2 Å². The van der Waals surface area contributed by atoms with Gasteiger partial charge in [-0.25, -0.2) is 4.79 Å². The van der Waals surface area contributed by atoms with Crippen LogP contribution in [0.15, 0.2) is 29.1 Å². The van der Waals surface area contributed by atoms with Crippen molar-refractivity contribution < 1.29 is 4.79 Å². The second-order valence-corrected chi connectivity index (χ2v) is 6.07. The molecule has 1 atom stereocenters. The fraction of sp³-hybridized carbons (Fsp3) is 0.529. The maximum absolute atomic E-state index is 12.7. The molecule has 6 nitrogen and oxygen atoms in total. The van der Waals surface area contributed by atoms with Gasteiger partial charge in [0.15, 0.2) is 0 Å². The van der Waals surface area contributed by atoms with Crippen LogP contribution in [0.5, 0.6) is 0 Å². The van der Waals surface area contributed by atoms with E-state index in [-0.39, 0.29) is 24.2 Å². The summed E-state index contributed by atoms with van der Waals surface area (Å²) in [6.07, 6.45) is 3.07. The molecular formula is C17H24N4O2. The van der Waals surface area contributed by atoms with E-state index in [1.165, 1.54) is 0 Å². The summed E-state index contributed by atoms with van der Waals surface area (Å²) in [4.78, 5) is 27.2. The zero-order valence-corrected chi connectivity index (χ0v) is 13.6. The summed E-state index contributed by atoms with van der Waals surface area (Å²) in [5.74, 6) is -0.0127. The lowest BCUT2D eigenvalue weighted by Crippen LogP contribution is -2.49. The van der Waals surface area contributed by atoms with Gasteiger partial charge < -0.3 is 10.6 Å².